The van der Waals surface area contributed by atoms with E-state index in [1.807, 2.05) is 30.3 Å². The highest BCUT2D eigenvalue weighted by Gasteiger charge is 2.17. The zero-order valence-electron chi connectivity index (χ0n) is 16.2. The maximum atomic E-state index is 12.8. The van der Waals surface area contributed by atoms with Crippen molar-refractivity contribution >= 4 is 23.3 Å². The van der Waals surface area contributed by atoms with Crippen LogP contribution in [0.3, 0.4) is 0 Å². The Hall–Kier alpha value is -3.72. The molecular weight excluding hydrogens is 404 g/mol. The number of H-pyrrole nitrogens is 1. The SMILES string of the molecule is Cn1c(=O)c2c(-c3ccc(OCc4ccccc4)c(O)c3)[nH]c(=S)nc2n(C)c1=O. The standard InChI is InChI=1S/C21H18N4O4S/c1-24-18-16(19(27)25(2)21(24)28)17(22-20(30)23-18)13-8-9-15(14(26)10-13)29-11-12-6-4-3-5-7-12/h3-10,26H,11H2,1-2H3,(H,22,23,30). The van der Waals surface area contributed by atoms with Gasteiger partial charge in [-0.25, -0.2) is 9.78 Å². The smallest absolute Gasteiger partial charge is 0.332 e. The highest BCUT2D eigenvalue weighted by atomic mass is 32.1. The number of benzene rings is 2. The van der Waals surface area contributed by atoms with Crippen LogP contribution in [0.4, 0.5) is 0 Å². The minimum Gasteiger partial charge on any atom is -0.504 e. The van der Waals surface area contributed by atoms with Gasteiger partial charge in [-0.3, -0.25) is 13.9 Å². The Balaban J connectivity index is 1.81. The third kappa shape index (κ3) is 3.39. The number of aryl methyl sites for hydroxylation is 1. The molecule has 8 nitrogen and oxygen atoms in total. The summed E-state index contributed by atoms with van der Waals surface area (Å²) in [5.74, 6) is 0.217. The van der Waals surface area contributed by atoms with E-state index in [0.717, 1.165) is 10.1 Å². The number of rotatable bonds is 4. The van der Waals surface area contributed by atoms with Crippen molar-refractivity contribution < 1.29 is 9.84 Å². The van der Waals surface area contributed by atoms with Gasteiger partial charge in [-0.1, -0.05) is 30.3 Å². The van der Waals surface area contributed by atoms with Crippen LogP contribution in [0.5, 0.6) is 11.5 Å². The molecule has 0 aliphatic carbocycles. The first-order valence-corrected chi connectivity index (χ1v) is 9.48. The van der Waals surface area contributed by atoms with Gasteiger partial charge in [0, 0.05) is 19.7 Å². The van der Waals surface area contributed by atoms with Crippen molar-refractivity contribution in [3.05, 3.63) is 79.7 Å². The zero-order chi connectivity index (χ0) is 21.4. The molecule has 0 spiro atoms. The van der Waals surface area contributed by atoms with Crippen molar-refractivity contribution in [2.45, 2.75) is 6.61 Å². The molecule has 2 heterocycles. The number of phenolic OH excluding ortho intramolecular Hbond substituents is 1. The number of hydrogen-bond donors (Lipinski definition) is 2. The van der Waals surface area contributed by atoms with E-state index >= 15 is 0 Å². The quantitative estimate of drug-likeness (QED) is 0.490. The van der Waals surface area contributed by atoms with E-state index in [1.165, 1.54) is 24.7 Å². The first-order valence-electron chi connectivity index (χ1n) is 9.07. The normalized spacial score (nSPS) is 11.0. The van der Waals surface area contributed by atoms with Crippen molar-refractivity contribution in [2.75, 3.05) is 0 Å². The molecule has 0 aliphatic rings. The lowest BCUT2D eigenvalue weighted by molar-refractivity contribution is 0.289. The lowest BCUT2D eigenvalue weighted by Crippen LogP contribution is -2.37. The summed E-state index contributed by atoms with van der Waals surface area (Å²) < 4.78 is 8.08. The van der Waals surface area contributed by atoms with E-state index in [1.54, 1.807) is 12.1 Å². The molecule has 2 aromatic heterocycles. The van der Waals surface area contributed by atoms with Gasteiger partial charge in [-0.2, -0.15) is 0 Å². The second-order valence-corrected chi connectivity index (χ2v) is 7.16. The zero-order valence-corrected chi connectivity index (χ0v) is 17.1. The summed E-state index contributed by atoms with van der Waals surface area (Å²) in [6.45, 7) is 0.303. The number of nitrogens with one attached hydrogen (secondary N) is 1. The van der Waals surface area contributed by atoms with Gasteiger partial charge in [-0.05, 0) is 36.0 Å². The van der Waals surface area contributed by atoms with Crippen LogP contribution in [0.15, 0.2) is 58.1 Å². The minimum absolute atomic E-state index is 0.0886. The minimum atomic E-state index is -0.509. The van der Waals surface area contributed by atoms with Crippen molar-refractivity contribution in [3.63, 3.8) is 0 Å². The van der Waals surface area contributed by atoms with Crippen LogP contribution >= 0.6 is 12.2 Å². The molecule has 2 aromatic carbocycles. The molecule has 0 fully saturated rings. The molecule has 30 heavy (non-hydrogen) atoms. The van der Waals surface area contributed by atoms with E-state index in [9.17, 15) is 14.7 Å². The predicted octanol–water partition coefficient (Wildman–Crippen LogP) is 2.64. The molecule has 4 aromatic rings. The molecule has 0 radical (unpaired) electrons. The molecule has 0 amide bonds. The van der Waals surface area contributed by atoms with Gasteiger partial charge in [0.2, 0.25) is 0 Å². The van der Waals surface area contributed by atoms with Crippen molar-refractivity contribution in [1.29, 1.82) is 0 Å². The largest absolute Gasteiger partial charge is 0.504 e. The molecule has 0 unspecified atom stereocenters. The van der Waals surface area contributed by atoms with E-state index in [0.29, 0.717) is 23.6 Å². The van der Waals surface area contributed by atoms with Crippen LogP contribution in [0.1, 0.15) is 5.56 Å². The number of fused-ring (bicyclic) bond motifs is 1. The summed E-state index contributed by atoms with van der Waals surface area (Å²) >= 11 is 5.18. The third-order valence-corrected chi connectivity index (χ3v) is 5.00. The van der Waals surface area contributed by atoms with Gasteiger partial charge in [0.25, 0.3) is 5.56 Å². The Morgan fingerprint density at radius 3 is 2.53 bits per heavy atom. The van der Waals surface area contributed by atoms with Gasteiger partial charge in [0.15, 0.2) is 21.9 Å². The summed E-state index contributed by atoms with van der Waals surface area (Å²) in [5, 5.41) is 10.7. The van der Waals surface area contributed by atoms with Gasteiger partial charge >= 0.3 is 5.69 Å². The summed E-state index contributed by atoms with van der Waals surface area (Å²) in [6, 6.07) is 14.4. The van der Waals surface area contributed by atoms with Gasteiger partial charge < -0.3 is 14.8 Å². The number of phenols is 1. The number of ether oxygens (including phenoxy) is 1. The van der Waals surface area contributed by atoms with E-state index < -0.39 is 11.2 Å². The second kappa shape index (κ2) is 7.60. The van der Waals surface area contributed by atoms with Crippen LogP contribution in [0.2, 0.25) is 0 Å². The Labute approximate surface area is 175 Å². The number of hydrogen-bond acceptors (Lipinski definition) is 6. The molecule has 4 rings (SSSR count). The fraction of sp³-hybridized carbons (Fsp3) is 0.143. The van der Waals surface area contributed by atoms with E-state index in [2.05, 4.69) is 9.97 Å². The van der Waals surface area contributed by atoms with Crippen LogP contribution in [-0.4, -0.2) is 24.2 Å². The Morgan fingerprint density at radius 1 is 1.10 bits per heavy atom. The lowest BCUT2D eigenvalue weighted by atomic mass is 10.1. The monoisotopic (exact) mass is 422 g/mol. The van der Waals surface area contributed by atoms with Crippen LogP contribution in [0.25, 0.3) is 22.3 Å². The predicted molar refractivity (Wildman–Crippen MR) is 115 cm³/mol. The second-order valence-electron chi connectivity index (χ2n) is 6.78. The fourth-order valence-electron chi connectivity index (χ4n) is 3.22. The molecule has 0 atom stereocenters. The van der Waals surface area contributed by atoms with E-state index in [4.69, 9.17) is 17.0 Å². The molecule has 0 saturated carbocycles. The molecule has 0 aliphatic heterocycles. The van der Waals surface area contributed by atoms with Crippen molar-refractivity contribution in [3.8, 4) is 22.8 Å². The van der Waals surface area contributed by atoms with Gasteiger partial charge in [0.1, 0.15) is 12.0 Å². The van der Waals surface area contributed by atoms with E-state index in [-0.39, 0.29) is 21.6 Å². The van der Waals surface area contributed by atoms with Gasteiger partial charge in [0.05, 0.1) is 5.69 Å². The first-order chi connectivity index (χ1) is 14.4. The van der Waals surface area contributed by atoms with Gasteiger partial charge in [-0.15, -0.1) is 0 Å². The number of aromatic amines is 1. The molecule has 2 N–H and O–H groups in total. The molecule has 9 heteroatoms. The number of aromatic hydroxyl groups is 1. The Kier molecular flexibility index (Phi) is 4.96. The highest BCUT2D eigenvalue weighted by Crippen LogP contribution is 2.33. The lowest BCUT2D eigenvalue weighted by Gasteiger charge is -2.12. The summed E-state index contributed by atoms with van der Waals surface area (Å²) in [7, 11) is 2.92. The molecular formula is C21H18N4O4S. The maximum Gasteiger partial charge on any atom is 0.332 e. The Morgan fingerprint density at radius 2 is 1.83 bits per heavy atom. The molecule has 152 valence electrons. The first kappa shape index (κ1) is 19.6. The van der Waals surface area contributed by atoms with Crippen LogP contribution in [0, 0.1) is 4.77 Å². The average molecular weight is 422 g/mol. The summed E-state index contributed by atoms with van der Waals surface area (Å²) in [4.78, 5) is 32.1. The summed E-state index contributed by atoms with van der Waals surface area (Å²) in [6.07, 6.45) is 0. The maximum absolute atomic E-state index is 12.8. The summed E-state index contributed by atoms with van der Waals surface area (Å²) in [5.41, 5.74) is 1.00. The van der Waals surface area contributed by atoms with Crippen LogP contribution in [-0.2, 0) is 20.7 Å². The molecule has 0 bridgehead atoms. The van der Waals surface area contributed by atoms with Crippen molar-refractivity contribution in [1.82, 2.24) is 19.1 Å². The topological polar surface area (TPSA) is 102 Å². The third-order valence-electron chi connectivity index (χ3n) is 4.81. The fourth-order valence-corrected chi connectivity index (χ4v) is 3.41. The number of aromatic nitrogens is 4. The Bertz CT molecular complexity index is 1440. The van der Waals surface area contributed by atoms with Crippen LogP contribution < -0.4 is 16.0 Å². The highest BCUT2D eigenvalue weighted by molar-refractivity contribution is 7.71. The van der Waals surface area contributed by atoms with Crippen molar-refractivity contribution in [2.24, 2.45) is 14.1 Å². The average Bonchev–Trinajstić information content (AvgIpc) is 2.75. The number of nitrogens with zero attached hydrogens (tertiary/aromatic N) is 3. The molecule has 0 saturated heterocycles.